The van der Waals surface area contributed by atoms with E-state index in [0.717, 1.165) is 0 Å². The highest BCUT2D eigenvalue weighted by Gasteiger charge is 2.29. The van der Waals surface area contributed by atoms with Gasteiger partial charge in [-0.15, -0.1) is 0 Å². The zero-order chi connectivity index (χ0) is 15.4. The summed E-state index contributed by atoms with van der Waals surface area (Å²) in [5.41, 5.74) is 0.884. The molecule has 0 aliphatic carbocycles. The predicted molar refractivity (Wildman–Crippen MR) is 76.2 cm³/mol. The Bertz CT molecular complexity index is 435. The average Bonchev–Trinajstić information content (AvgIpc) is 2.43. The molecule has 7 N–H and O–H groups in total. The number of hydrogen-bond donors (Lipinski definition) is 6. The van der Waals surface area contributed by atoms with E-state index in [-0.39, 0.29) is 5.41 Å². The number of hydrogen-bond acceptors (Lipinski definition) is 8. The Hall–Kier alpha value is -1.48. The highest BCUT2D eigenvalue weighted by molar-refractivity contribution is 5.49. The van der Waals surface area contributed by atoms with Gasteiger partial charge in [-0.25, -0.2) is 15.8 Å². The maximum absolute atomic E-state index is 9.33. The predicted octanol–water partition coefficient (Wildman–Crippen LogP) is -0.813. The van der Waals surface area contributed by atoms with Gasteiger partial charge in [0.05, 0.1) is 19.8 Å². The summed E-state index contributed by atoms with van der Waals surface area (Å²) in [5, 5.41) is 30.8. The van der Waals surface area contributed by atoms with Crippen molar-refractivity contribution in [2.45, 2.75) is 31.7 Å². The zero-order valence-electron chi connectivity index (χ0n) is 12.0. The lowest BCUT2D eigenvalue weighted by Crippen LogP contribution is -2.49. The molecular weight excluding hydrogens is 262 g/mol. The molecule has 0 saturated heterocycles. The molecule has 0 spiro atoms. The van der Waals surface area contributed by atoms with E-state index in [2.05, 4.69) is 20.7 Å². The summed E-state index contributed by atoms with van der Waals surface area (Å²) in [6.45, 7) is 4.51. The summed E-state index contributed by atoms with van der Waals surface area (Å²) in [6.07, 6.45) is 0. The molecule has 8 heteroatoms. The molecule has 8 nitrogen and oxygen atoms in total. The summed E-state index contributed by atoms with van der Waals surface area (Å²) in [5.74, 6) is 6.67. The smallest absolute Gasteiger partial charge is 0.145 e. The van der Waals surface area contributed by atoms with Gasteiger partial charge >= 0.3 is 0 Å². The molecule has 0 saturated carbocycles. The van der Waals surface area contributed by atoms with E-state index >= 15 is 0 Å². The van der Waals surface area contributed by atoms with E-state index in [9.17, 15) is 15.3 Å². The maximum atomic E-state index is 9.33. The summed E-state index contributed by atoms with van der Waals surface area (Å²) >= 11 is 0. The van der Waals surface area contributed by atoms with Crippen molar-refractivity contribution in [2.24, 2.45) is 5.84 Å². The van der Waals surface area contributed by atoms with Gasteiger partial charge in [0.1, 0.15) is 23.0 Å². The highest BCUT2D eigenvalue weighted by Crippen LogP contribution is 2.23. The lowest BCUT2D eigenvalue weighted by molar-refractivity contribution is 0.0830. The third kappa shape index (κ3) is 3.76. The van der Waals surface area contributed by atoms with Crippen LogP contribution < -0.4 is 16.6 Å². The second-order valence-corrected chi connectivity index (χ2v) is 5.74. The van der Waals surface area contributed by atoms with Crippen molar-refractivity contribution in [1.82, 2.24) is 9.97 Å². The molecule has 1 rings (SSSR count). The fourth-order valence-corrected chi connectivity index (χ4v) is 1.46. The topological polar surface area (TPSA) is 137 Å². The number of nitrogens with two attached hydrogens (primary N) is 1. The maximum Gasteiger partial charge on any atom is 0.145 e. The zero-order valence-corrected chi connectivity index (χ0v) is 12.0. The van der Waals surface area contributed by atoms with Crippen molar-refractivity contribution in [3.63, 3.8) is 0 Å². The summed E-state index contributed by atoms with van der Waals surface area (Å²) in [7, 11) is 0. The number of aromatic nitrogens is 2. The fourth-order valence-electron chi connectivity index (χ4n) is 1.46. The summed E-state index contributed by atoms with van der Waals surface area (Å²) < 4.78 is 0. The standard InChI is InChI=1S/C12H23N5O3/c1-11(2,3)10-14-8(4-9(15-10)17-13)16-12(5-18,6-19)7-20/h4,18-20H,5-7,13H2,1-3H3,(H2,14,15,16,17). The quantitative estimate of drug-likeness (QED) is 0.295. The number of anilines is 2. The van der Waals surface area contributed by atoms with Crippen LogP contribution in [-0.4, -0.2) is 50.6 Å². The van der Waals surface area contributed by atoms with Crippen molar-refractivity contribution >= 4 is 11.6 Å². The van der Waals surface area contributed by atoms with Crippen molar-refractivity contribution in [1.29, 1.82) is 0 Å². The third-order valence-electron chi connectivity index (χ3n) is 2.85. The number of nitrogen functional groups attached to an aromatic ring is 1. The van der Waals surface area contributed by atoms with E-state index in [1.807, 2.05) is 20.8 Å². The molecule has 114 valence electrons. The van der Waals surface area contributed by atoms with Gasteiger partial charge in [-0.05, 0) is 0 Å². The minimum absolute atomic E-state index is 0.302. The highest BCUT2D eigenvalue weighted by atomic mass is 16.3. The normalized spacial score (nSPS) is 12.3. The number of nitrogens with one attached hydrogen (secondary N) is 2. The fraction of sp³-hybridized carbons (Fsp3) is 0.667. The Morgan fingerprint density at radius 2 is 1.55 bits per heavy atom. The van der Waals surface area contributed by atoms with Crippen LogP contribution in [0.2, 0.25) is 0 Å². The largest absolute Gasteiger partial charge is 0.394 e. The van der Waals surface area contributed by atoms with Crippen LogP contribution in [0.5, 0.6) is 0 Å². The molecule has 0 fully saturated rings. The average molecular weight is 285 g/mol. The summed E-state index contributed by atoms with van der Waals surface area (Å²) in [4.78, 5) is 8.59. The van der Waals surface area contributed by atoms with Gasteiger partial charge in [0.2, 0.25) is 0 Å². The summed E-state index contributed by atoms with van der Waals surface area (Å²) in [6, 6.07) is 1.53. The van der Waals surface area contributed by atoms with Gasteiger partial charge in [-0.1, -0.05) is 20.8 Å². The van der Waals surface area contributed by atoms with Gasteiger partial charge in [-0.2, -0.15) is 0 Å². The molecule has 0 amide bonds. The Morgan fingerprint density at radius 1 is 1.05 bits per heavy atom. The van der Waals surface area contributed by atoms with E-state index in [0.29, 0.717) is 17.5 Å². The van der Waals surface area contributed by atoms with Crippen molar-refractivity contribution in [3.8, 4) is 0 Å². The van der Waals surface area contributed by atoms with Gasteiger partial charge in [0.15, 0.2) is 0 Å². The second kappa shape index (κ2) is 6.31. The van der Waals surface area contributed by atoms with E-state index in [1.54, 1.807) is 0 Å². The first-order chi connectivity index (χ1) is 9.30. The van der Waals surface area contributed by atoms with Crippen LogP contribution in [0.15, 0.2) is 6.07 Å². The third-order valence-corrected chi connectivity index (χ3v) is 2.85. The van der Waals surface area contributed by atoms with Crippen molar-refractivity contribution < 1.29 is 15.3 Å². The molecular formula is C12H23N5O3. The van der Waals surface area contributed by atoms with Gasteiger partial charge in [0, 0.05) is 11.5 Å². The SMILES string of the molecule is CC(C)(C)c1nc(NN)cc(NC(CO)(CO)CO)n1. The molecule has 0 aliphatic rings. The van der Waals surface area contributed by atoms with Crippen LogP contribution in [0.3, 0.4) is 0 Å². The molecule has 0 unspecified atom stereocenters. The lowest BCUT2D eigenvalue weighted by atomic mass is 9.95. The van der Waals surface area contributed by atoms with Crippen LogP contribution >= 0.6 is 0 Å². The van der Waals surface area contributed by atoms with Gasteiger partial charge < -0.3 is 26.1 Å². The van der Waals surface area contributed by atoms with Crippen LogP contribution in [0.25, 0.3) is 0 Å². The Balaban J connectivity index is 3.18. The second-order valence-electron chi connectivity index (χ2n) is 5.74. The Morgan fingerprint density at radius 3 is 1.95 bits per heavy atom. The first-order valence-electron chi connectivity index (χ1n) is 6.27. The minimum Gasteiger partial charge on any atom is -0.394 e. The molecule has 0 bridgehead atoms. The van der Waals surface area contributed by atoms with Crippen LogP contribution in [0, 0.1) is 0 Å². The molecule has 1 aromatic rings. The first kappa shape index (κ1) is 16.6. The monoisotopic (exact) mass is 285 g/mol. The number of aliphatic hydroxyl groups is 3. The van der Waals surface area contributed by atoms with E-state index in [4.69, 9.17) is 5.84 Å². The molecule has 20 heavy (non-hydrogen) atoms. The van der Waals surface area contributed by atoms with Crippen LogP contribution in [0.1, 0.15) is 26.6 Å². The lowest BCUT2D eigenvalue weighted by Gasteiger charge is -2.30. The van der Waals surface area contributed by atoms with E-state index < -0.39 is 25.4 Å². The Kier molecular flexibility index (Phi) is 5.23. The first-order valence-corrected chi connectivity index (χ1v) is 6.27. The molecule has 0 radical (unpaired) electrons. The van der Waals surface area contributed by atoms with Gasteiger partial charge in [-0.3, -0.25) is 0 Å². The molecule has 0 aromatic carbocycles. The molecule has 1 aromatic heterocycles. The van der Waals surface area contributed by atoms with Gasteiger partial charge in [0.25, 0.3) is 0 Å². The number of rotatable bonds is 6. The van der Waals surface area contributed by atoms with Crippen LogP contribution in [0.4, 0.5) is 11.6 Å². The number of nitrogens with zero attached hydrogens (tertiary/aromatic N) is 2. The molecule has 0 atom stereocenters. The molecule has 0 aliphatic heterocycles. The Labute approximate surface area is 118 Å². The molecule has 1 heterocycles. The van der Waals surface area contributed by atoms with Crippen molar-refractivity contribution in [2.75, 3.05) is 30.6 Å². The minimum atomic E-state index is -1.25. The van der Waals surface area contributed by atoms with Crippen molar-refractivity contribution in [3.05, 3.63) is 11.9 Å². The number of hydrazine groups is 1. The van der Waals surface area contributed by atoms with Crippen LogP contribution in [-0.2, 0) is 5.41 Å². The number of aliphatic hydroxyl groups excluding tert-OH is 3. The van der Waals surface area contributed by atoms with E-state index in [1.165, 1.54) is 6.07 Å².